The van der Waals surface area contributed by atoms with Gasteiger partial charge in [0.2, 0.25) is 0 Å². The molecule has 0 N–H and O–H groups in total. The molecule has 0 nitrogen and oxygen atoms in total. The molecule has 0 saturated heterocycles. The van der Waals surface area contributed by atoms with Gasteiger partial charge in [0, 0.05) is 6.42 Å². The van der Waals surface area contributed by atoms with Gasteiger partial charge in [0.25, 0.3) is 5.66 Å². The van der Waals surface area contributed by atoms with Crippen molar-refractivity contribution in [2.24, 2.45) is 5.92 Å². The predicted molar refractivity (Wildman–Crippen MR) is 57.0 cm³/mol. The Balaban J connectivity index is 4.12. The highest BCUT2D eigenvalue weighted by molar-refractivity contribution is 7.18. The molecule has 1 atom stereocenters. The van der Waals surface area contributed by atoms with Gasteiger partial charge in [-0.25, -0.2) is 8.78 Å². The lowest BCUT2D eigenvalue weighted by atomic mass is 10.0. The van der Waals surface area contributed by atoms with E-state index in [9.17, 15) is 8.78 Å². The second-order valence-electron chi connectivity index (χ2n) is 3.31. The molecule has 0 fully saturated rings. The molecule has 0 aromatic carbocycles. The molecule has 0 bridgehead atoms. The highest BCUT2D eigenvalue weighted by Crippen LogP contribution is 2.26. The fourth-order valence-electron chi connectivity index (χ4n) is 0.974. The molecule has 0 heterocycles. The summed E-state index contributed by atoms with van der Waals surface area (Å²) in [6.45, 7) is 6.00. The molecule has 1 unspecified atom stereocenters. The predicted octanol–water partition coefficient (Wildman–Crippen LogP) is 4.00. The van der Waals surface area contributed by atoms with Crippen LogP contribution in [0.2, 0.25) is 0 Å². The van der Waals surface area contributed by atoms with Gasteiger partial charge >= 0.3 is 0 Å². The minimum absolute atomic E-state index is 0.221. The molecule has 0 spiro atoms. The first-order chi connectivity index (χ1) is 5.87. The summed E-state index contributed by atoms with van der Waals surface area (Å²) in [5, 5.41) is 0. The third-order valence-electron chi connectivity index (χ3n) is 1.70. The van der Waals surface area contributed by atoms with Crippen LogP contribution >= 0.6 is 9.24 Å². The third-order valence-corrected chi connectivity index (χ3v) is 1.94. The van der Waals surface area contributed by atoms with Crippen molar-refractivity contribution in [1.82, 2.24) is 0 Å². The van der Waals surface area contributed by atoms with Crippen LogP contribution in [0, 0.1) is 5.92 Å². The lowest BCUT2D eigenvalue weighted by Crippen LogP contribution is -2.01. The highest BCUT2D eigenvalue weighted by Gasteiger charge is 2.18. The highest BCUT2D eigenvalue weighted by atomic mass is 31.0. The molecule has 0 radical (unpaired) electrons. The van der Waals surface area contributed by atoms with Crippen molar-refractivity contribution in [3.8, 4) is 0 Å². The van der Waals surface area contributed by atoms with Gasteiger partial charge in [-0.05, 0) is 12.8 Å². The van der Waals surface area contributed by atoms with E-state index in [1.54, 1.807) is 6.08 Å². The maximum atomic E-state index is 12.4. The number of halogens is 2. The Bertz CT molecular complexity index is 199. The average molecular weight is 206 g/mol. The molecular formula is C10H17F2P. The third kappa shape index (κ3) is 6.89. The number of rotatable bonds is 4. The largest absolute Gasteiger partial charge is 0.262 e. The Kier molecular flexibility index (Phi) is 5.39. The summed E-state index contributed by atoms with van der Waals surface area (Å²) in [4.78, 5) is 0. The van der Waals surface area contributed by atoms with E-state index in [2.05, 4.69) is 0 Å². The molecule has 0 saturated carbocycles. The first-order valence-electron chi connectivity index (χ1n) is 4.36. The number of alkyl halides is 2. The molecule has 76 valence electrons. The Morgan fingerprint density at radius 2 is 2.00 bits per heavy atom. The maximum absolute atomic E-state index is 12.4. The van der Waals surface area contributed by atoms with Crippen molar-refractivity contribution in [3.05, 3.63) is 23.8 Å². The summed E-state index contributed by atoms with van der Waals surface area (Å²) in [5.74, 6) is 0.388. The minimum atomic E-state index is -2.67. The normalized spacial score (nSPS) is 14.5. The van der Waals surface area contributed by atoms with Crippen molar-refractivity contribution in [1.29, 1.82) is 0 Å². The summed E-state index contributed by atoms with van der Waals surface area (Å²) in [6, 6.07) is 0. The molecular weight excluding hydrogens is 189 g/mol. The van der Waals surface area contributed by atoms with Gasteiger partial charge in [-0.15, -0.1) is 0 Å². The second-order valence-corrected chi connectivity index (χ2v) is 4.16. The molecule has 0 aromatic rings. The van der Waals surface area contributed by atoms with Gasteiger partial charge in [-0.1, -0.05) is 46.9 Å². The van der Waals surface area contributed by atoms with Crippen molar-refractivity contribution in [3.63, 3.8) is 0 Å². The summed E-state index contributed by atoms with van der Waals surface area (Å²) in [5.41, 5.74) is -1.58. The number of allylic oxidation sites excluding steroid dienone is 4. The summed E-state index contributed by atoms with van der Waals surface area (Å²) in [7, 11) is 1.53. The Hall–Kier alpha value is -0.230. The van der Waals surface area contributed by atoms with Crippen LogP contribution in [0.5, 0.6) is 0 Å². The lowest BCUT2D eigenvalue weighted by Gasteiger charge is -2.07. The van der Waals surface area contributed by atoms with Crippen LogP contribution in [0.25, 0.3) is 0 Å². The SMILES string of the molecule is C/C=C(\C=C/CC(F)(F)P)C(C)C. The minimum Gasteiger partial charge on any atom is -0.202 e. The van der Waals surface area contributed by atoms with Crippen molar-refractivity contribution in [2.75, 3.05) is 0 Å². The quantitative estimate of drug-likeness (QED) is 0.481. The van der Waals surface area contributed by atoms with Crippen LogP contribution in [-0.2, 0) is 0 Å². The topological polar surface area (TPSA) is 0 Å². The monoisotopic (exact) mass is 206 g/mol. The van der Waals surface area contributed by atoms with Gasteiger partial charge in [0.15, 0.2) is 0 Å². The fraction of sp³-hybridized carbons (Fsp3) is 0.600. The average Bonchev–Trinajstić information content (AvgIpc) is 1.95. The van der Waals surface area contributed by atoms with Crippen LogP contribution in [-0.4, -0.2) is 5.66 Å². The zero-order valence-corrected chi connectivity index (χ0v) is 9.50. The van der Waals surface area contributed by atoms with Gasteiger partial charge in [0.1, 0.15) is 0 Å². The maximum Gasteiger partial charge on any atom is 0.262 e. The number of hydrogen-bond donors (Lipinski definition) is 0. The van der Waals surface area contributed by atoms with E-state index in [1.807, 2.05) is 26.8 Å². The molecule has 0 amide bonds. The van der Waals surface area contributed by atoms with Gasteiger partial charge < -0.3 is 0 Å². The van der Waals surface area contributed by atoms with Crippen LogP contribution in [0.15, 0.2) is 23.8 Å². The Labute approximate surface area is 81.3 Å². The van der Waals surface area contributed by atoms with Gasteiger partial charge in [-0.2, -0.15) is 0 Å². The molecule has 0 rings (SSSR count). The van der Waals surface area contributed by atoms with E-state index >= 15 is 0 Å². The molecule has 0 aromatic heterocycles. The van der Waals surface area contributed by atoms with Crippen molar-refractivity contribution < 1.29 is 8.78 Å². The zero-order chi connectivity index (χ0) is 10.5. The van der Waals surface area contributed by atoms with E-state index in [0.29, 0.717) is 5.92 Å². The number of hydrogen-bond acceptors (Lipinski definition) is 0. The second kappa shape index (κ2) is 5.49. The Morgan fingerprint density at radius 1 is 1.46 bits per heavy atom. The van der Waals surface area contributed by atoms with Crippen LogP contribution in [0.1, 0.15) is 27.2 Å². The van der Waals surface area contributed by atoms with E-state index in [0.717, 1.165) is 5.57 Å². The van der Waals surface area contributed by atoms with Crippen LogP contribution in [0.4, 0.5) is 8.78 Å². The van der Waals surface area contributed by atoms with Gasteiger partial charge in [0.05, 0.1) is 0 Å². The van der Waals surface area contributed by atoms with Crippen LogP contribution < -0.4 is 0 Å². The van der Waals surface area contributed by atoms with E-state index in [4.69, 9.17) is 0 Å². The molecule has 13 heavy (non-hydrogen) atoms. The standard InChI is InChI=1S/C10H17F2P/c1-4-9(8(2)3)6-5-7-10(11,12)13/h4-6,8H,7,13H2,1-3H3/b6-5-,9-4+. The van der Waals surface area contributed by atoms with Crippen molar-refractivity contribution in [2.45, 2.75) is 32.9 Å². The smallest absolute Gasteiger partial charge is 0.202 e. The molecule has 3 heteroatoms. The zero-order valence-electron chi connectivity index (χ0n) is 8.35. The van der Waals surface area contributed by atoms with E-state index in [1.165, 1.54) is 15.3 Å². The van der Waals surface area contributed by atoms with Crippen LogP contribution in [0.3, 0.4) is 0 Å². The lowest BCUT2D eigenvalue weighted by molar-refractivity contribution is 0.108. The summed E-state index contributed by atoms with van der Waals surface area (Å²) >= 11 is 0. The van der Waals surface area contributed by atoms with E-state index < -0.39 is 5.66 Å². The molecule has 0 aliphatic carbocycles. The first-order valence-corrected chi connectivity index (χ1v) is 4.94. The van der Waals surface area contributed by atoms with Crippen molar-refractivity contribution >= 4 is 9.24 Å². The summed E-state index contributed by atoms with van der Waals surface area (Å²) in [6.07, 6.45) is 5.01. The summed E-state index contributed by atoms with van der Waals surface area (Å²) < 4.78 is 24.7. The fourth-order valence-corrected chi connectivity index (χ4v) is 1.11. The molecule has 0 aliphatic rings. The first kappa shape index (κ1) is 12.8. The van der Waals surface area contributed by atoms with Gasteiger partial charge in [-0.3, -0.25) is 0 Å². The Morgan fingerprint density at radius 3 is 2.31 bits per heavy atom. The van der Waals surface area contributed by atoms with E-state index in [-0.39, 0.29) is 6.42 Å². The molecule has 0 aliphatic heterocycles.